The average Bonchev–Trinajstić information content (AvgIpc) is 3.01. The van der Waals surface area contributed by atoms with Gasteiger partial charge in [-0.2, -0.15) is 0 Å². The normalized spacial score (nSPS) is 19.7. The quantitative estimate of drug-likeness (QED) is 0.850. The van der Waals surface area contributed by atoms with Gasteiger partial charge in [-0.3, -0.25) is 4.79 Å². The lowest BCUT2D eigenvalue weighted by Crippen LogP contribution is -2.41. The number of carbonyl (C=O) groups excluding carboxylic acids is 1. The summed E-state index contributed by atoms with van der Waals surface area (Å²) in [6.45, 7) is 4.49. The van der Waals surface area contributed by atoms with Gasteiger partial charge in [0.25, 0.3) is 0 Å². The van der Waals surface area contributed by atoms with Crippen molar-refractivity contribution in [2.45, 2.75) is 32.7 Å². The van der Waals surface area contributed by atoms with Crippen molar-refractivity contribution >= 4 is 26.6 Å². The molecule has 0 N–H and O–H groups in total. The minimum atomic E-state index is -2.99. The van der Waals surface area contributed by atoms with Crippen LogP contribution in [-0.4, -0.2) is 47.9 Å². The second kappa shape index (κ2) is 6.24. The second-order valence-electron chi connectivity index (χ2n) is 6.55. The fourth-order valence-corrected chi connectivity index (χ4v) is 5.47. The Morgan fingerprint density at radius 3 is 2.67 bits per heavy atom. The molecule has 1 aliphatic rings. The first-order chi connectivity index (χ1) is 11.3. The van der Waals surface area contributed by atoms with Crippen LogP contribution in [0.2, 0.25) is 0 Å². The molecule has 0 radical (unpaired) electrons. The number of benzene rings is 1. The van der Waals surface area contributed by atoms with E-state index in [1.165, 1.54) is 0 Å². The number of rotatable bonds is 4. The Bertz CT molecular complexity index is 883. The zero-order valence-corrected chi connectivity index (χ0v) is 15.3. The third kappa shape index (κ3) is 2.95. The number of aryl methyl sites for hydroxylation is 1. The largest absolute Gasteiger partial charge is 0.348 e. The molecule has 1 unspecified atom stereocenters. The van der Waals surface area contributed by atoms with E-state index in [2.05, 4.69) is 10.6 Å². The summed E-state index contributed by atoms with van der Waals surface area (Å²) in [5.41, 5.74) is 3.24. The summed E-state index contributed by atoms with van der Waals surface area (Å²) in [6, 6.07) is 7.90. The van der Waals surface area contributed by atoms with Crippen LogP contribution in [-0.2, 0) is 28.1 Å². The monoisotopic (exact) mass is 348 g/mol. The van der Waals surface area contributed by atoms with Gasteiger partial charge in [0.2, 0.25) is 5.91 Å². The Kier molecular flexibility index (Phi) is 4.42. The summed E-state index contributed by atoms with van der Waals surface area (Å²) in [4.78, 5) is 14.6. The van der Waals surface area contributed by atoms with Crippen molar-refractivity contribution in [2.24, 2.45) is 7.05 Å². The van der Waals surface area contributed by atoms with Crippen LogP contribution in [0.1, 0.15) is 24.6 Å². The Morgan fingerprint density at radius 2 is 2.04 bits per heavy atom. The molecule has 0 bridgehead atoms. The average molecular weight is 348 g/mol. The fraction of sp³-hybridized carbons (Fsp3) is 0.500. The molecule has 1 aromatic heterocycles. The number of hydrogen-bond donors (Lipinski definition) is 0. The molecule has 1 fully saturated rings. The van der Waals surface area contributed by atoms with E-state index in [9.17, 15) is 13.2 Å². The van der Waals surface area contributed by atoms with Crippen molar-refractivity contribution in [3.05, 3.63) is 35.5 Å². The summed E-state index contributed by atoms with van der Waals surface area (Å²) < 4.78 is 25.6. The molecule has 2 aromatic rings. The molecular weight excluding hydrogens is 324 g/mol. The second-order valence-corrected chi connectivity index (χ2v) is 8.78. The lowest BCUT2D eigenvalue weighted by Gasteiger charge is -2.27. The lowest BCUT2D eigenvalue weighted by atomic mass is 10.1. The molecule has 3 rings (SSSR count). The number of aromatic nitrogens is 1. The van der Waals surface area contributed by atoms with E-state index in [1.54, 1.807) is 4.90 Å². The molecule has 1 aromatic carbocycles. The van der Waals surface area contributed by atoms with Crippen LogP contribution in [0.15, 0.2) is 24.3 Å². The molecule has 24 heavy (non-hydrogen) atoms. The van der Waals surface area contributed by atoms with E-state index in [4.69, 9.17) is 0 Å². The molecule has 2 heterocycles. The maximum absolute atomic E-state index is 12.9. The highest BCUT2D eigenvalue weighted by Crippen LogP contribution is 2.26. The number of sulfone groups is 1. The number of fused-ring (bicyclic) bond motifs is 1. The van der Waals surface area contributed by atoms with Gasteiger partial charge in [0.15, 0.2) is 9.84 Å². The van der Waals surface area contributed by atoms with E-state index in [1.807, 2.05) is 39.1 Å². The topological polar surface area (TPSA) is 59.4 Å². The summed E-state index contributed by atoms with van der Waals surface area (Å²) in [7, 11) is -0.987. The molecule has 5 nitrogen and oxygen atoms in total. The standard InChI is InChI=1S/C18H24N2O3S/c1-4-20(14-9-10-24(22,23)12-14)18(21)11-16-13(2)19(3)17-8-6-5-7-15(16)17/h5-8,14H,4,9-12H2,1-3H3. The van der Waals surface area contributed by atoms with Crippen molar-refractivity contribution in [1.82, 2.24) is 9.47 Å². The van der Waals surface area contributed by atoms with Gasteiger partial charge in [0, 0.05) is 36.2 Å². The molecule has 0 aliphatic carbocycles. The first-order valence-electron chi connectivity index (χ1n) is 8.37. The molecule has 6 heteroatoms. The summed E-state index contributed by atoms with van der Waals surface area (Å²) in [6.07, 6.45) is 0.869. The van der Waals surface area contributed by atoms with Crippen LogP contribution >= 0.6 is 0 Å². The Balaban J connectivity index is 1.88. The predicted octanol–water partition coefficient (Wildman–Crippen LogP) is 2.06. The van der Waals surface area contributed by atoms with Crippen molar-refractivity contribution in [3.8, 4) is 0 Å². The van der Waals surface area contributed by atoms with Crippen molar-refractivity contribution in [2.75, 3.05) is 18.1 Å². The van der Waals surface area contributed by atoms with Gasteiger partial charge in [0.05, 0.1) is 17.9 Å². The number of likely N-dealkylation sites (N-methyl/N-ethyl adjacent to an activating group) is 1. The number of amides is 1. The number of hydrogen-bond acceptors (Lipinski definition) is 3. The van der Waals surface area contributed by atoms with Crippen LogP contribution < -0.4 is 0 Å². The van der Waals surface area contributed by atoms with Crippen molar-refractivity contribution in [1.29, 1.82) is 0 Å². The van der Waals surface area contributed by atoms with Gasteiger partial charge < -0.3 is 9.47 Å². The molecule has 0 spiro atoms. The highest BCUT2D eigenvalue weighted by atomic mass is 32.2. The van der Waals surface area contributed by atoms with Gasteiger partial charge in [-0.1, -0.05) is 18.2 Å². The lowest BCUT2D eigenvalue weighted by molar-refractivity contribution is -0.132. The van der Waals surface area contributed by atoms with E-state index in [0.717, 1.165) is 22.2 Å². The van der Waals surface area contributed by atoms with Gasteiger partial charge in [0.1, 0.15) is 0 Å². The van der Waals surface area contributed by atoms with Gasteiger partial charge >= 0.3 is 0 Å². The maximum atomic E-state index is 12.9. The van der Waals surface area contributed by atoms with Gasteiger partial charge in [-0.15, -0.1) is 0 Å². The van der Waals surface area contributed by atoms with Crippen LogP contribution in [0.25, 0.3) is 10.9 Å². The molecular formula is C18H24N2O3S. The molecule has 1 amide bonds. The first-order valence-corrected chi connectivity index (χ1v) is 10.2. The van der Waals surface area contributed by atoms with Crippen LogP contribution in [0.5, 0.6) is 0 Å². The highest BCUT2D eigenvalue weighted by Gasteiger charge is 2.34. The Morgan fingerprint density at radius 1 is 1.33 bits per heavy atom. The minimum Gasteiger partial charge on any atom is -0.348 e. The number of nitrogens with zero attached hydrogens (tertiary/aromatic N) is 2. The molecule has 1 saturated heterocycles. The van der Waals surface area contributed by atoms with Crippen LogP contribution in [0, 0.1) is 6.92 Å². The molecule has 130 valence electrons. The summed E-state index contributed by atoms with van der Waals surface area (Å²) in [5.74, 6) is 0.301. The third-order valence-corrected chi connectivity index (χ3v) is 6.92. The van der Waals surface area contributed by atoms with E-state index in [-0.39, 0.29) is 23.5 Å². The first kappa shape index (κ1) is 17.0. The summed E-state index contributed by atoms with van der Waals surface area (Å²) in [5, 5.41) is 1.10. The summed E-state index contributed by atoms with van der Waals surface area (Å²) >= 11 is 0. The third-order valence-electron chi connectivity index (χ3n) is 5.17. The van der Waals surface area contributed by atoms with Crippen molar-refractivity contribution < 1.29 is 13.2 Å². The Hall–Kier alpha value is -1.82. The predicted molar refractivity (Wildman–Crippen MR) is 95.8 cm³/mol. The van der Waals surface area contributed by atoms with Crippen LogP contribution in [0.4, 0.5) is 0 Å². The fourth-order valence-electron chi connectivity index (χ4n) is 3.73. The zero-order chi connectivity index (χ0) is 17.5. The van der Waals surface area contributed by atoms with Gasteiger partial charge in [-0.25, -0.2) is 8.42 Å². The maximum Gasteiger partial charge on any atom is 0.227 e. The van der Waals surface area contributed by atoms with E-state index >= 15 is 0 Å². The number of carbonyl (C=O) groups is 1. The van der Waals surface area contributed by atoms with Crippen molar-refractivity contribution in [3.63, 3.8) is 0 Å². The Labute approximate surface area is 143 Å². The van der Waals surface area contributed by atoms with E-state index < -0.39 is 9.84 Å². The highest BCUT2D eigenvalue weighted by molar-refractivity contribution is 7.91. The molecule has 0 saturated carbocycles. The van der Waals surface area contributed by atoms with Crippen LogP contribution in [0.3, 0.4) is 0 Å². The minimum absolute atomic E-state index is 0.0130. The zero-order valence-electron chi connectivity index (χ0n) is 14.4. The molecule has 1 aliphatic heterocycles. The van der Waals surface area contributed by atoms with Gasteiger partial charge in [-0.05, 0) is 31.9 Å². The molecule has 1 atom stereocenters. The number of para-hydroxylation sites is 1. The smallest absolute Gasteiger partial charge is 0.227 e. The van der Waals surface area contributed by atoms with E-state index in [0.29, 0.717) is 19.4 Å². The SMILES string of the molecule is CCN(C(=O)Cc1c(C)n(C)c2ccccc12)C1CCS(=O)(=O)C1.